The Balaban J connectivity index is 1.10. The number of rotatable bonds is 9. The molecular formula is C41H61N3O2. The third kappa shape index (κ3) is 7.93. The molecule has 2 heterocycles. The number of hydrogen-bond donors (Lipinski definition) is 0. The van der Waals surface area contributed by atoms with Crippen LogP contribution in [0.25, 0.3) is 0 Å². The van der Waals surface area contributed by atoms with Gasteiger partial charge in [0.05, 0.1) is 24.7 Å². The van der Waals surface area contributed by atoms with Crippen LogP contribution in [-0.4, -0.2) is 37.1 Å². The zero-order chi connectivity index (χ0) is 32.0. The number of benzene rings is 1. The number of fused-ring (bicyclic) bond motifs is 1. The Labute approximate surface area is 279 Å². The molecule has 2 aromatic rings. The summed E-state index contributed by atoms with van der Waals surface area (Å²) in [6.45, 7) is 4.61. The second-order valence-electron chi connectivity index (χ2n) is 15.7. The van der Waals surface area contributed by atoms with Crippen LogP contribution in [0.1, 0.15) is 140 Å². The summed E-state index contributed by atoms with van der Waals surface area (Å²) in [5, 5.41) is 0. The standard InChI is InChI=1S/C41H61N3O2/c1-5-30-10-8-11-31(17-16-30)23-32-12-9-13-33(19-18-32)24-34-20-21-35(40(25-34)46-4)26-36-27-38-39(28-42-36)43(3)41(45)22-29(2)44(38)37-14-6-7-15-37/h20-21,25,27-33,37H,5-19,22-24,26H2,1-4H3. The molecule has 0 radical (unpaired) electrons. The van der Waals surface area contributed by atoms with Gasteiger partial charge in [-0.05, 0) is 80.4 Å². The summed E-state index contributed by atoms with van der Waals surface area (Å²) in [6, 6.07) is 9.87. The molecule has 5 atom stereocenters. The Morgan fingerprint density at radius 2 is 1.50 bits per heavy atom. The highest BCUT2D eigenvalue weighted by Crippen LogP contribution is 2.41. The van der Waals surface area contributed by atoms with Gasteiger partial charge in [-0.15, -0.1) is 0 Å². The maximum Gasteiger partial charge on any atom is 0.228 e. The van der Waals surface area contributed by atoms with Gasteiger partial charge in [-0.1, -0.05) is 96.1 Å². The van der Waals surface area contributed by atoms with Gasteiger partial charge in [0.25, 0.3) is 0 Å². The second kappa shape index (κ2) is 15.6. The molecular weight excluding hydrogens is 566 g/mol. The quantitative estimate of drug-likeness (QED) is 0.260. The zero-order valence-electron chi connectivity index (χ0n) is 29.4. The number of carbonyl (C=O) groups is 1. The Morgan fingerprint density at radius 3 is 2.22 bits per heavy atom. The van der Waals surface area contributed by atoms with Crippen molar-refractivity contribution in [3.05, 3.63) is 47.3 Å². The molecule has 6 rings (SSSR count). The van der Waals surface area contributed by atoms with E-state index in [1.807, 2.05) is 25.3 Å². The highest BCUT2D eigenvalue weighted by atomic mass is 16.5. The molecule has 0 saturated heterocycles. The lowest BCUT2D eigenvalue weighted by atomic mass is 9.84. The second-order valence-corrected chi connectivity index (χ2v) is 15.7. The van der Waals surface area contributed by atoms with Crippen molar-refractivity contribution in [1.82, 2.24) is 4.98 Å². The fraction of sp³-hybridized carbons (Fsp3) is 0.707. The van der Waals surface area contributed by atoms with Gasteiger partial charge in [0.15, 0.2) is 0 Å². The summed E-state index contributed by atoms with van der Waals surface area (Å²) < 4.78 is 5.99. The number of amides is 1. The summed E-state index contributed by atoms with van der Waals surface area (Å²) in [5.41, 5.74) is 5.75. The van der Waals surface area contributed by atoms with Crippen LogP contribution in [0.4, 0.5) is 11.4 Å². The topological polar surface area (TPSA) is 45.7 Å². The summed E-state index contributed by atoms with van der Waals surface area (Å²) in [4.78, 5) is 22.2. The maximum absolute atomic E-state index is 13.0. The van der Waals surface area contributed by atoms with Crippen LogP contribution in [0.3, 0.4) is 0 Å². The van der Waals surface area contributed by atoms with Crippen LogP contribution < -0.4 is 14.5 Å². The average Bonchev–Trinajstić information content (AvgIpc) is 3.32. The van der Waals surface area contributed by atoms with E-state index in [2.05, 4.69) is 43.0 Å². The number of anilines is 2. The number of pyridine rings is 1. The van der Waals surface area contributed by atoms with Crippen molar-refractivity contribution in [1.29, 1.82) is 0 Å². The predicted octanol–water partition coefficient (Wildman–Crippen LogP) is 9.92. The zero-order valence-corrected chi connectivity index (χ0v) is 29.4. The number of carbonyl (C=O) groups excluding carboxylic acids is 1. The molecule has 0 bridgehead atoms. The Morgan fingerprint density at radius 1 is 0.826 bits per heavy atom. The molecule has 4 aliphatic rings. The first kappa shape index (κ1) is 33.3. The minimum atomic E-state index is 0.176. The molecule has 252 valence electrons. The summed E-state index contributed by atoms with van der Waals surface area (Å²) in [6.07, 6.45) is 26.6. The van der Waals surface area contributed by atoms with Gasteiger partial charge < -0.3 is 14.5 Å². The maximum atomic E-state index is 13.0. The summed E-state index contributed by atoms with van der Waals surface area (Å²) in [5.74, 6) is 4.87. The first-order valence-electron chi connectivity index (χ1n) is 19.1. The van der Waals surface area contributed by atoms with Gasteiger partial charge in [-0.25, -0.2) is 0 Å². The molecule has 3 aliphatic carbocycles. The van der Waals surface area contributed by atoms with Crippen LogP contribution in [0.15, 0.2) is 30.5 Å². The van der Waals surface area contributed by atoms with Gasteiger partial charge in [-0.2, -0.15) is 0 Å². The van der Waals surface area contributed by atoms with Crippen LogP contribution >= 0.6 is 0 Å². The van der Waals surface area contributed by atoms with Crippen LogP contribution in [-0.2, 0) is 17.6 Å². The molecule has 1 amide bonds. The van der Waals surface area contributed by atoms with E-state index in [1.165, 1.54) is 120 Å². The number of aromatic nitrogens is 1. The average molecular weight is 628 g/mol. The van der Waals surface area contributed by atoms with Crippen molar-refractivity contribution >= 4 is 17.3 Å². The van der Waals surface area contributed by atoms with Crippen LogP contribution in [0, 0.1) is 23.7 Å². The number of methoxy groups -OCH3 is 1. The fourth-order valence-electron chi connectivity index (χ4n) is 9.70. The Bertz CT molecular complexity index is 1300. The summed E-state index contributed by atoms with van der Waals surface area (Å²) in [7, 11) is 3.71. The Hall–Kier alpha value is -2.56. The van der Waals surface area contributed by atoms with Gasteiger partial charge >= 0.3 is 0 Å². The first-order valence-corrected chi connectivity index (χ1v) is 19.1. The normalized spacial score (nSPS) is 28.0. The highest BCUT2D eigenvalue weighted by molar-refractivity contribution is 5.98. The molecule has 3 fully saturated rings. The third-order valence-corrected chi connectivity index (χ3v) is 12.5. The number of nitrogens with zero attached hydrogens (tertiary/aromatic N) is 3. The number of hydrogen-bond acceptors (Lipinski definition) is 4. The van der Waals surface area contributed by atoms with E-state index in [4.69, 9.17) is 9.72 Å². The lowest BCUT2D eigenvalue weighted by molar-refractivity contribution is -0.118. The van der Waals surface area contributed by atoms with Gasteiger partial charge in [0.2, 0.25) is 5.91 Å². The molecule has 1 aromatic heterocycles. The van der Waals surface area contributed by atoms with Gasteiger partial charge in [0, 0.05) is 43.2 Å². The van der Waals surface area contributed by atoms with Crippen molar-refractivity contribution in [2.75, 3.05) is 24.0 Å². The molecule has 46 heavy (non-hydrogen) atoms. The summed E-state index contributed by atoms with van der Waals surface area (Å²) >= 11 is 0. The van der Waals surface area contributed by atoms with E-state index in [9.17, 15) is 4.79 Å². The molecule has 5 nitrogen and oxygen atoms in total. The van der Waals surface area contributed by atoms with E-state index in [0.717, 1.165) is 53.6 Å². The van der Waals surface area contributed by atoms with Crippen molar-refractivity contribution in [2.24, 2.45) is 23.7 Å². The number of ether oxygens (including phenoxy) is 1. The van der Waals surface area contributed by atoms with Crippen molar-refractivity contribution in [2.45, 2.75) is 148 Å². The smallest absolute Gasteiger partial charge is 0.228 e. The minimum absolute atomic E-state index is 0.176. The lowest BCUT2D eigenvalue weighted by Crippen LogP contribution is -2.41. The van der Waals surface area contributed by atoms with E-state index < -0.39 is 0 Å². The van der Waals surface area contributed by atoms with E-state index in [0.29, 0.717) is 12.5 Å². The van der Waals surface area contributed by atoms with E-state index in [-0.39, 0.29) is 11.9 Å². The van der Waals surface area contributed by atoms with Gasteiger partial charge in [0.1, 0.15) is 5.75 Å². The largest absolute Gasteiger partial charge is 0.496 e. The van der Waals surface area contributed by atoms with E-state index >= 15 is 0 Å². The van der Waals surface area contributed by atoms with Crippen molar-refractivity contribution in [3.63, 3.8) is 0 Å². The molecule has 3 saturated carbocycles. The monoisotopic (exact) mass is 627 g/mol. The highest BCUT2D eigenvalue weighted by Gasteiger charge is 2.34. The fourth-order valence-corrected chi connectivity index (χ4v) is 9.70. The van der Waals surface area contributed by atoms with E-state index in [1.54, 1.807) is 0 Å². The first-order chi connectivity index (χ1) is 22.4. The molecule has 1 aromatic carbocycles. The molecule has 5 heteroatoms. The minimum Gasteiger partial charge on any atom is -0.496 e. The molecule has 0 spiro atoms. The molecule has 1 aliphatic heterocycles. The predicted molar refractivity (Wildman–Crippen MR) is 191 cm³/mol. The van der Waals surface area contributed by atoms with Gasteiger partial charge in [-0.3, -0.25) is 9.78 Å². The molecule has 5 unspecified atom stereocenters. The van der Waals surface area contributed by atoms with Crippen LogP contribution in [0.5, 0.6) is 5.75 Å². The lowest BCUT2D eigenvalue weighted by Gasteiger charge is -2.36. The Kier molecular flexibility index (Phi) is 11.3. The third-order valence-electron chi connectivity index (χ3n) is 12.5. The molecule has 0 N–H and O–H groups in total. The SMILES string of the molecule is CCC1CCCC(CC2CCCC(Cc3ccc(Cc4cc5c(cn4)N(C)C(=O)CC(C)N5C4CCCC4)c(OC)c3)CC2)CC1. The van der Waals surface area contributed by atoms with Crippen molar-refractivity contribution < 1.29 is 9.53 Å². The van der Waals surface area contributed by atoms with Crippen molar-refractivity contribution in [3.8, 4) is 5.75 Å². The van der Waals surface area contributed by atoms with Crippen LogP contribution in [0.2, 0.25) is 0 Å².